The molecular weight excluding hydrogens is 352 g/mol. The first-order valence-electron chi connectivity index (χ1n) is 9.40. The van der Waals surface area contributed by atoms with Gasteiger partial charge in [-0.2, -0.15) is 0 Å². The molecule has 1 N–H and O–H groups in total. The first kappa shape index (κ1) is 18.0. The molecule has 0 aliphatic carbocycles. The molecule has 0 radical (unpaired) electrons. The van der Waals surface area contributed by atoms with E-state index in [1.807, 2.05) is 43.3 Å². The molecule has 2 aromatic heterocycles. The quantitative estimate of drug-likeness (QED) is 0.536. The summed E-state index contributed by atoms with van der Waals surface area (Å²) in [4.78, 5) is 25.2. The Morgan fingerprint density at radius 1 is 1.07 bits per heavy atom. The lowest BCUT2D eigenvalue weighted by atomic mass is 10.1. The van der Waals surface area contributed by atoms with E-state index in [2.05, 4.69) is 17.4 Å². The molecule has 2 aromatic carbocycles. The van der Waals surface area contributed by atoms with E-state index in [1.165, 1.54) is 5.56 Å². The van der Waals surface area contributed by atoms with Crippen LogP contribution in [0, 0.1) is 0 Å². The predicted octanol–water partition coefficient (Wildman–Crippen LogP) is 4.04. The number of aromatic nitrogens is 1. The zero-order valence-corrected chi connectivity index (χ0v) is 15.9. The molecule has 4 aromatic rings. The standard InChI is InChI=1S/C23H22N2O3/c1-15(12-13-16-8-4-3-5-9-16)24-22(26)19-14-18-21(25(19)2)17-10-6-7-11-20(17)28-23(18)27/h3-11,14-15H,12-13H2,1-2H3,(H,24,26)/t15-/m0/s1. The lowest BCUT2D eigenvalue weighted by molar-refractivity contribution is 0.0930. The number of nitrogens with zero attached hydrogens (tertiary/aromatic N) is 1. The number of benzene rings is 2. The molecule has 0 saturated heterocycles. The van der Waals surface area contributed by atoms with Crippen molar-refractivity contribution in [3.63, 3.8) is 0 Å². The number of nitrogens with one attached hydrogen (secondary N) is 1. The van der Waals surface area contributed by atoms with Gasteiger partial charge in [-0.3, -0.25) is 4.79 Å². The van der Waals surface area contributed by atoms with Crippen LogP contribution in [-0.2, 0) is 13.5 Å². The van der Waals surface area contributed by atoms with E-state index >= 15 is 0 Å². The molecule has 0 aliphatic heterocycles. The van der Waals surface area contributed by atoms with E-state index < -0.39 is 5.63 Å². The summed E-state index contributed by atoms with van der Waals surface area (Å²) in [5, 5.41) is 4.28. The zero-order chi connectivity index (χ0) is 19.7. The second-order valence-corrected chi connectivity index (χ2v) is 7.14. The number of hydrogen-bond acceptors (Lipinski definition) is 3. The van der Waals surface area contributed by atoms with E-state index in [9.17, 15) is 9.59 Å². The number of para-hydroxylation sites is 1. The lowest BCUT2D eigenvalue weighted by Crippen LogP contribution is -2.34. The minimum Gasteiger partial charge on any atom is -0.422 e. The van der Waals surface area contributed by atoms with Gasteiger partial charge in [0, 0.05) is 18.5 Å². The Labute approximate surface area is 162 Å². The van der Waals surface area contributed by atoms with Crippen molar-refractivity contribution in [1.82, 2.24) is 9.88 Å². The number of rotatable bonds is 5. The molecule has 4 rings (SSSR count). The van der Waals surface area contributed by atoms with Gasteiger partial charge in [-0.05, 0) is 43.5 Å². The molecule has 0 aliphatic rings. The van der Waals surface area contributed by atoms with Crippen molar-refractivity contribution in [2.75, 3.05) is 0 Å². The number of aryl methyl sites for hydroxylation is 2. The van der Waals surface area contributed by atoms with Crippen molar-refractivity contribution in [1.29, 1.82) is 0 Å². The minimum atomic E-state index is -0.430. The SMILES string of the molecule is C[C@@H](CCc1ccccc1)NC(=O)c1cc2c(=O)oc3ccccc3c2n1C. The summed E-state index contributed by atoms with van der Waals surface area (Å²) in [5.41, 5.74) is 2.50. The van der Waals surface area contributed by atoms with Gasteiger partial charge in [0.15, 0.2) is 0 Å². The van der Waals surface area contributed by atoms with E-state index in [0.29, 0.717) is 22.2 Å². The van der Waals surface area contributed by atoms with Crippen molar-refractivity contribution in [2.24, 2.45) is 7.05 Å². The third-order valence-corrected chi connectivity index (χ3v) is 5.12. The van der Waals surface area contributed by atoms with Crippen LogP contribution < -0.4 is 10.9 Å². The average Bonchev–Trinajstić information content (AvgIpc) is 3.06. The molecule has 1 atom stereocenters. The third-order valence-electron chi connectivity index (χ3n) is 5.12. The molecule has 2 heterocycles. The monoisotopic (exact) mass is 374 g/mol. The number of hydrogen-bond donors (Lipinski definition) is 1. The lowest BCUT2D eigenvalue weighted by Gasteiger charge is -2.14. The summed E-state index contributed by atoms with van der Waals surface area (Å²) in [5.74, 6) is -0.192. The highest BCUT2D eigenvalue weighted by molar-refractivity contribution is 6.07. The fraction of sp³-hybridized carbons (Fsp3) is 0.217. The molecule has 0 bridgehead atoms. The fourth-order valence-corrected chi connectivity index (χ4v) is 3.61. The maximum absolute atomic E-state index is 12.8. The highest BCUT2D eigenvalue weighted by Gasteiger charge is 2.19. The highest BCUT2D eigenvalue weighted by Crippen LogP contribution is 2.25. The minimum absolute atomic E-state index is 0.0128. The topological polar surface area (TPSA) is 64.2 Å². The molecular formula is C23H22N2O3. The molecule has 142 valence electrons. The van der Waals surface area contributed by atoms with Crippen LogP contribution in [0.2, 0.25) is 0 Å². The molecule has 0 fully saturated rings. The van der Waals surface area contributed by atoms with Crippen molar-refractivity contribution >= 4 is 27.8 Å². The Morgan fingerprint density at radius 3 is 2.57 bits per heavy atom. The van der Waals surface area contributed by atoms with Gasteiger partial charge < -0.3 is 14.3 Å². The van der Waals surface area contributed by atoms with E-state index in [-0.39, 0.29) is 11.9 Å². The van der Waals surface area contributed by atoms with E-state index in [0.717, 1.165) is 18.2 Å². The van der Waals surface area contributed by atoms with Gasteiger partial charge in [0.25, 0.3) is 5.91 Å². The summed E-state index contributed by atoms with van der Waals surface area (Å²) < 4.78 is 7.16. The summed E-state index contributed by atoms with van der Waals surface area (Å²) in [7, 11) is 1.80. The van der Waals surface area contributed by atoms with Crippen molar-refractivity contribution < 1.29 is 9.21 Å². The Balaban J connectivity index is 1.59. The van der Waals surface area contributed by atoms with Crippen LogP contribution in [0.25, 0.3) is 21.9 Å². The van der Waals surface area contributed by atoms with Crippen LogP contribution in [0.3, 0.4) is 0 Å². The first-order valence-corrected chi connectivity index (χ1v) is 9.40. The van der Waals surface area contributed by atoms with E-state index in [1.54, 1.807) is 23.7 Å². The van der Waals surface area contributed by atoms with Gasteiger partial charge in [-0.1, -0.05) is 42.5 Å². The first-order chi connectivity index (χ1) is 13.5. The van der Waals surface area contributed by atoms with Crippen LogP contribution in [-0.4, -0.2) is 16.5 Å². The van der Waals surface area contributed by atoms with Crippen LogP contribution in [0.4, 0.5) is 0 Å². The average molecular weight is 374 g/mol. The van der Waals surface area contributed by atoms with Crippen molar-refractivity contribution in [3.8, 4) is 0 Å². The summed E-state index contributed by atoms with van der Waals surface area (Å²) in [6.45, 7) is 1.99. The van der Waals surface area contributed by atoms with E-state index in [4.69, 9.17) is 4.42 Å². The summed E-state index contributed by atoms with van der Waals surface area (Å²) >= 11 is 0. The second kappa shape index (κ2) is 7.35. The molecule has 0 unspecified atom stereocenters. The third kappa shape index (κ3) is 3.31. The van der Waals surface area contributed by atoms with Crippen LogP contribution >= 0.6 is 0 Å². The maximum atomic E-state index is 12.8. The molecule has 5 nitrogen and oxygen atoms in total. The highest BCUT2D eigenvalue weighted by atomic mass is 16.4. The number of carbonyl (C=O) groups is 1. The molecule has 5 heteroatoms. The van der Waals surface area contributed by atoms with Gasteiger partial charge >= 0.3 is 5.63 Å². The molecule has 0 spiro atoms. The second-order valence-electron chi connectivity index (χ2n) is 7.14. The fourth-order valence-electron chi connectivity index (χ4n) is 3.61. The van der Waals surface area contributed by atoms with Gasteiger partial charge in [0.05, 0.1) is 10.9 Å². The zero-order valence-electron chi connectivity index (χ0n) is 15.9. The predicted molar refractivity (Wildman–Crippen MR) is 111 cm³/mol. The maximum Gasteiger partial charge on any atom is 0.345 e. The van der Waals surface area contributed by atoms with Crippen LogP contribution in [0.15, 0.2) is 69.9 Å². The number of carbonyl (C=O) groups excluding carboxylic acids is 1. The number of fused-ring (bicyclic) bond motifs is 3. The number of amides is 1. The Morgan fingerprint density at radius 2 is 1.79 bits per heavy atom. The van der Waals surface area contributed by atoms with Gasteiger partial charge in [0.1, 0.15) is 11.3 Å². The van der Waals surface area contributed by atoms with Crippen molar-refractivity contribution in [2.45, 2.75) is 25.8 Å². The molecule has 1 amide bonds. The van der Waals surface area contributed by atoms with Crippen molar-refractivity contribution in [3.05, 3.63) is 82.3 Å². The molecule has 28 heavy (non-hydrogen) atoms. The summed E-state index contributed by atoms with van der Waals surface area (Å²) in [6, 6.07) is 19.2. The Bertz CT molecular complexity index is 1210. The van der Waals surface area contributed by atoms with Gasteiger partial charge in [-0.15, -0.1) is 0 Å². The Hall–Kier alpha value is -3.34. The smallest absolute Gasteiger partial charge is 0.345 e. The largest absolute Gasteiger partial charge is 0.422 e. The van der Waals surface area contributed by atoms with Gasteiger partial charge in [0.2, 0.25) is 0 Å². The molecule has 0 saturated carbocycles. The summed E-state index contributed by atoms with van der Waals surface area (Å²) in [6.07, 6.45) is 1.73. The van der Waals surface area contributed by atoms with Crippen LogP contribution in [0.1, 0.15) is 29.4 Å². The normalized spacial score (nSPS) is 12.4. The van der Waals surface area contributed by atoms with Crippen LogP contribution in [0.5, 0.6) is 0 Å². The van der Waals surface area contributed by atoms with Gasteiger partial charge in [-0.25, -0.2) is 4.79 Å². The Kier molecular flexibility index (Phi) is 4.74.